The molecule has 0 amide bonds. The van der Waals surface area contributed by atoms with E-state index in [1.165, 1.54) is 47.5 Å². The van der Waals surface area contributed by atoms with Crippen LogP contribution in [0, 0.1) is 20.8 Å². The molecule has 0 radical (unpaired) electrons. The van der Waals surface area contributed by atoms with Gasteiger partial charge in [0.05, 0.1) is 5.69 Å². The fraction of sp³-hybridized carbons (Fsp3) is 0.550. The van der Waals surface area contributed by atoms with Crippen molar-refractivity contribution in [2.75, 3.05) is 18.4 Å². The molecule has 1 aliphatic heterocycles. The molecule has 130 valence electrons. The average Bonchev–Trinajstić information content (AvgIpc) is 2.91. The normalized spacial score (nSPS) is 18.8. The van der Waals surface area contributed by atoms with Crippen molar-refractivity contribution in [1.29, 1.82) is 0 Å². The Morgan fingerprint density at radius 2 is 2.04 bits per heavy atom. The Kier molecular flexibility index (Phi) is 5.24. The zero-order valence-corrected chi connectivity index (χ0v) is 15.5. The summed E-state index contributed by atoms with van der Waals surface area (Å²) < 4.78 is 2.04. The van der Waals surface area contributed by atoms with Crippen LogP contribution in [-0.4, -0.2) is 33.8 Å². The molecule has 1 fully saturated rings. The van der Waals surface area contributed by atoms with Gasteiger partial charge in [-0.15, -0.1) is 0 Å². The van der Waals surface area contributed by atoms with Crippen LogP contribution in [0.25, 0.3) is 0 Å². The average molecular weight is 326 g/mol. The van der Waals surface area contributed by atoms with E-state index in [-0.39, 0.29) is 0 Å². The smallest absolute Gasteiger partial charge is 0.0638 e. The molecule has 1 N–H and O–H groups in total. The molecule has 0 saturated carbocycles. The highest BCUT2D eigenvalue weighted by Crippen LogP contribution is 2.20. The van der Waals surface area contributed by atoms with Gasteiger partial charge in [0.15, 0.2) is 0 Å². The lowest BCUT2D eigenvalue weighted by molar-refractivity contribution is 0.208. The van der Waals surface area contributed by atoms with Crippen LogP contribution in [0.4, 0.5) is 5.69 Å². The van der Waals surface area contributed by atoms with E-state index in [0.29, 0.717) is 6.04 Å². The molecule has 1 aliphatic rings. The second-order valence-electron chi connectivity index (χ2n) is 7.11. The van der Waals surface area contributed by atoms with Crippen LogP contribution in [0.15, 0.2) is 24.4 Å². The van der Waals surface area contributed by atoms with Gasteiger partial charge < -0.3 is 5.32 Å². The maximum absolute atomic E-state index is 4.57. The summed E-state index contributed by atoms with van der Waals surface area (Å²) >= 11 is 0. The predicted octanol–water partition coefficient (Wildman–Crippen LogP) is 3.90. The second-order valence-corrected chi connectivity index (χ2v) is 7.11. The zero-order valence-electron chi connectivity index (χ0n) is 15.5. The van der Waals surface area contributed by atoms with Gasteiger partial charge in [0.1, 0.15) is 0 Å². The summed E-state index contributed by atoms with van der Waals surface area (Å²) in [7, 11) is 0. The Morgan fingerprint density at radius 3 is 2.75 bits per heavy atom. The largest absolute Gasteiger partial charge is 0.381 e. The molecule has 1 aromatic heterocycles. The topological polar surface area (TPSA) is 33.1 Å². The number of likely N-dealkylation sites (tertiary alicyclic amines) is 1. The highest BCUT2D eigenvalue weighted by molar-refractivity contribution is 5.48. The molecule has 2 heterocycles. The minimum Gasteiger partial charge on any atom is -0.381 e. The fourth-order valence-corrected chi connectivity index (χ4v) is 3.50. The van der Waals surface area contributed by atoms with Gasteiger partial charge in [-0.05, 0) is 70.3 Å². The molecule has 0 unspecified atom stereocenters. The summed E-state index contributed by atoms with van der Waals surface area (Å²) in [5.74, 6) is 0. The first-order valence-electron chi connectivity index (χ1n) is 9.14. The number of aromatic nitrogens is 2. The Bertz CT molecular complexity index is 689. The number of rotatable bonds is 5. The number of anilines is 1. The summed E-state index contributed by atoms with van der Waals surface area (Å²) in [5, 5.41) is 8.31. The van der Waals surface area contributed by atoms with Crippen LogP contribution >= 0.6 is 0 Å². The Labute approximate surface area is 145 Å². The first-order chi connectivity index (χ1) is 11.5. The lowest BCUT2D eigenvalue weighted by Crippen LogP contribution is -2.41. The monoisotopic (exact) mass is 326 g/mol. The first-order valence-corrected chi connectivity index (χ1v) is 9.14. The number of hydrogen-bond acceptors (Lipinski definition) is 3. The van der Waals surface area contributed by atoms with E-state index in [2.05, 4.69) is 67.4 Å². The van der Waals surface area contributed by atoms with Gasteiger partial charge in [-0.2, -0.15) is 5.10 Å². The van der Waals surface area contributed by atoms with Crippen LogP contribution in [0.3, 0.4) is 0 Å². The maximum atomic E-state index is 4.57. The minimum atomic E-state index is 0.530. The van der Waals surface area contributed by atoms with Gasteiger partial charge in [-0.25, -0.2) is 0 Å². The second kappa shape index (κ2) is 7.39. The van der Waals surface area contributed by atoms with E-state index in [1.54, 1.807) is 0 Å². The number of nitrogens with one attached hydrogen (secondary N) is 1. The lowest BCUT2D eigenvalue weighted by atomic mass is 10.0. The third-order valence-corrected chi connectivity index (χ3v) is 5.15. The summed E-state index contributed by atoms with van der Waals surface area (Å²) in [6.45, 7) is 12.8. The summed E-state index contributed by atoms with van der Waals surface area (Å²) in [4.78, 5) is 2.56. The summed E-state index contributed by atoms with van der Waals surface area (Å²) in [6.07, 6.45) is 4.70. The molecule has 24 heavy (non-hydrogen) atoms. The fourth-order valence-electron chi connectivity index (χ4n) is 3.50. The van der Waals surface area contributed by atoms with E-state index in [0.717, 1.165) is 19.6 Å². The van der Waals surface area contributed by atoms with Gasteiger partial charge in [-0.1, -0.05) is 6.07 Å². The Morgan fingerprint density at radius 1 is 1.21 bits per heavy atom. The van der Waals surface area contributed by atoms with E-state index in [9.17, 15) is 0 Å². The van der Waals surface area contributed by atoms with Gasteiger partial charge in [0.2, 0.25) is 0 Å². The summed E-state index contributed by atoms with van der Waals surface area (Å²) in [5.41, 5.74) is 6.49. The molecular formula is C20H30N4. The zero-order chi connectivity index (χ0) is 17.1. The van der Waals surface area contributed by atoms with Crippen molar-refractivity contribution in [2.45, 2.75) is 59.7 Å². The van der Waals surface area contributed by atoms with Crippen molar-refractivity contribution >= 4 is 5.69 Å². The third kappa shape index (κ3) is 3.99. The maximum Gasteiger partial charge on any atom is 0.0638 e. The molecule has 4 nitrogen and oxygen atoms in total. The van der Waals surface area contributed by atoms with E-state index < -0.39 is 0 Å². The van der Waals surface area contributed by atoms with Crippen molar-refractivity contribution < 1.29 is 0 Å². The van der Waals surface area contributed by atoms with Gasteiger partial charge in [-0.3, -0.25) is 9.58 Å². The minimum absolute atomic E-state index is 0.530. The molecule has 0 spiro atoms. The molecule has 2 aromatic rings. The molecule has 4 heteroatoms. The third-order valence-electron chi connectivity index (χ3n) is 5.15. The number of piperidine rings is 1. The molecular weight excluding hydrogens is 296 g/mol. The van der Waals surface area contributed by atoms with Crippen LogP contribution in [0.2, 0.25) is 0 Å². The quantitative estimate of drug-likeness (QED) is 0.904. The van der Waals surface area contributed by atoms with Gasteiger partial charge >= 0.3 is 0 Å². The molecule has 3 rings (SSSR count). The molecule has 1 saturated heterocycles. The number of hydrogen-bond donors (Lipinski definition) is 1. The highest BCUT2D eigenvalue weighted by atomic mass is 15.3. The predicted molar refractivity (Wildman–Crippen MR) is 100 cm³/mol. The van der Waals surface area contributed by atoms with E-state index in [4.69, 9.17) is 0 Å². The standard InChI is InChI=1S/C20H30N4/c1-5-24-13-18(17(4)22-24)12-23-10-6-7-20(14-23)21-19-9-8-15(2)16(3)11-19/h8-9,11,13,20-21H,5-7,10,12,14H2,1-4H3/t20-/m0/s1. The Hall–Kier alpha value is -1.81. The van der Waals surface area contributed by atoms with Crippen molar-refractivity contribution in [3.8, 4) is 0 Å². The van der Waals surface area contributed by atoms with Gasteiger partial charge in [0.25, 0.3) is 0 Å². The van der Waals surface area contributed by atoms with Crippen molar-refractivity contribution in [3.05, 3.63) is 46.8 Å². The number of benzene rings is 1. The highest BCUT2D eigenvalue weighted by Gasteiger charge is 2.21. The van der Waals surface area contributed by atoms with Crippen LogP contribution in [0.1, 0.15) is 42.1 Å². The van der Waals surface area contributed by atoms with Crippen LogP contribution in [-0.2, 0) is 13.1 Å². The Balaban J connectivity index is 1.61. The number of aryl methyl sites for hydroxylation is 4. The van der Waals surface area contributed by atoms with Crippen molar-refractivity contribution in [2.24, 2.45) is 0 Å². The lowest BCUT2D eigenvalue weighted by Gasteiger charge is -2.33. The SMILES string of the molecule is CCn1cc(CN2CCC[C@H](Nc3ccc(C)c(C)c3)C2)c(C)n1. The molecule has 0 aliphatic carbocycles. The van der Waals surface area contributed by atoms with Crippen molar-refractivity contribution in [1.82, 2.24) is 14.7 Å². The van der Waals surface area contributed by atoms with Crippen LogP contribution in [0.5, 0.6) is 0 Å². The molecule has 1 aromatic carbocycles. The summed E-state index contributed by atoms with van der Waals surface area (Å²) in [6, 6.07) is 7.21. The van der Waals surface area contributed by atoms with E-state index in [1.807, 2.05) is 4.68 Å². The number of nitrogens with zero attached hydrogens (tertiary/aromatic N) is 3. The van der Waals surface area contributed by atoms with Gasteiger partial charge in [0, 0.05) is 43.1 Å². The molecule has 1 atom stereocenters. The van der Waals surface area contributed by atoms with Crippen LogP contribution < -0.4 is 5.32 Å². The first kappa shape index (κ1) is 17.0. The van der Waals surface area contributed by atoms with Crippen molar-refractivity contribution in [3.63, 3.8) is 0 Å². The molecule has 0 bridgehead atoms. The van der Waals surface area contributed by atoms with E-state index >= 15 is 0 Å².